The molecule has 1 aromatic heterocycles. The van der Waals surface area contributed by atoms with Crippen molar-refractivity contribution in [2.45, 2.75) is 26.7 Å². The Morgan fingerprint density at radius 2 is 2.12 bits per heavy atom. The lowest BCUT2D eigenvalue weighted by atomic mass is 10.2. The predicted molar refractivity (Wildman–Crippen MR) is 69.2 cm³/mol. The Balaban J connectivity index is 2.30. The van der Waals surface area contributed by atoms with Crippen molar-refractivity contribution in [3.63, 3.8) is 0 Å². The number of hydrogen-bond acceptors (Lipinski definition) is 3. The number of thiophene rings is 1. The SMILES string of the molecule is CCCNCCNC(=O)c1sccc1CC. The fourth-order valence-corrected chi connectivity index (χ4v) is 2.37. The first kappa shape index (κ1) is 13.2. The quantitative estimate of drug-likeness (QED) is 0.716. The molecule has 0 aromatic carbocycles. The molecule has 0 aliphatic carbocycles. The van der Waals surface area contributed by atoms with Gasteiger partial charge >= 0.3 is 0 Å². The van der Waals surface area contributed by atoms with E-state index in [4.69, 9.17) is 0 Å². The standard InChI is InChI=1S/C12H20N2OS/c1-3-6-13-7-8-14-12(15)11-10(4-2)5-9-16-11/h5,9,13H,3-4,6-8H2,1-2H3,(H,14,15). The van der Waals surface area contributed by atoms with Crippen LogP contribution in [0.5, 0.6) is 0 Å². The van der Waals surface area contributed by atoms with Gasteiger partial charge in [0.25, 0.3) is 5.91 Å². The van der Waals surface area contributed by atoms with Crippen LogP contribution >= 0.6 is 11.3 Å². The molecule has 0 fully saturated rings. The minimum atomic E-state index is 0.0603. The van der Waals surface area contributed by atoms with E-state index in [2.05, 4.69) is 24.5 Å². The van der Waals surface area contributed by atoms with Crippen molar-refractivity contribution in [1.82, 2.24) is 10.6 Å². The van der Waals surface area contributed by atoms with Gasteiger partial charge in [-0.25, -0.2) is 0 Å². The van der Waals surface area contributed by atoms with Crippen LogP contribution in [0.15, 0.2) is 11.4 Å². The second-order valence-electron chi connectivity index (χ2n) is 3.63. The third-order valence-corrected chi connectivity index (χ3v) is 3.30. The Bertz CT molecular complexity index is 323. The lowest BCUT2D eigenvalue weighted by molar-refractivity contribution is 0.0957. The summed E-state index contributed by atoms with van der Waals surface area (Å²) in [5, 5.41) is 8.16. The van der Waals surface area contributed by atoms with Crippen LogP contribution in [0.2, 0.25) is 0 Å². The van der Waals surface area contributed by atoms with Crippen molar-refractivity contribution in [3.8, 4) is 0 Å². The third-order valence-electron chi connectivity index (χ3n) is 2.35. The molecule has 0 spiro atoms. The number of nitrogens with one attached hydrogen (secondary N) is 2. The molecule has 0 saturated carbocycles. The first-order valence-corrected chi connectivity index (χ1v) is 6.72. The van der Waals surface area contributed by atoms with Gasteiger partial charge in [0.1, 0.15) is 0 Å². The first-order chi connectivity index (χ1) is 7.79. The van der Waals surface area contributed by atoms with Crippen molar-refractivity contribution in [1.29, 1.82) is 0 Å². The lowest BCUT2D eigenvalue weighted by Crippen LogP contribution is -2.32. The van der Waals surface area contributed by atoms with Crippen molar-refractivity contribution in [3.05, 3.63) is 21.9 Å². The molecule has 0 unspecified atom stereocenters. The van der Waals surface area contributed by atoms with Gasteiger partial charge in [-0.2, -0.15) is 0 Å². The highest BCUT2D eigenvalue weighted by Gasteiger charge is 2.10. The van der Waals surface area contributed by atoms with Gasteiger partial charge in [-0.1, -0.05) is 13.8 Å². The third kappa shape index (κ3) is 3.94. The van der Waals surface area contributed by atoms with Gasteiger partial charge in [0.15, 0.2) is 0 Å². The van der Waals surface area contributed by atoms with Gasteiger partial charge in [0.05, 0.1) is 4.88 Å². The summed E-state index contributed by atoms with van der Waals surface area (Å²) in [5.74, 6) is 0.0603. The summed E-state index contributed by atoms with van der Waals surface area (Å²) < 4.78 is 0. The van der Waals surface area contributed by atoms with Crippen LogP contribution in [0.25, 0.3) is 0 Å². The zero-order valence-corrected chi connectivity index (χ0v) is 10.8. The Hall–Kier alpha value is -0.870. The largest absolute Gasteiger partial charge is 0.350 e. The molecule has 0 aliphatic heterocycles. The van der Waals surface area contributed by atoms with Gasteiger partial charge in [-0.05, 0) is 36.4 Å². The van der Waals surface area contributed by atoms with E-state index < -0.39 is 0 Å². The molecule has 4 heteroatoms. The second kappa shape index (κ2) is 7.41. The number of carbonyl (C=O) groups is 1. The summed E-state index contributed by atoms with van der Waals surface area (Å²) in [5.41, 5.74) is 1.14. The summed E-state index contributed by atoms with van der Waals surface area (Å²) in [4.78, 5) is 12.6. The highest BCUT2D eigenvalue weighted by Crippen LogP contribution is 2.16. The van der Waals surface area contributed by atoms with E-state index in [-0.39, 0.29) is 5.91 Å². The van der Waals surface area contributed by atoms with E-state index >= 15 is 0 Å². The van der Waals surface area contributed by atoms with Gasteiger partial charge < -0.3 is 10.6 Å². The van der Waals surface area contributed by atoms with E-state index in [9.17, 15) is 4.79 Å². The Morgan fingerprint density at radius 1 is 1.31 bits per heavy atom. The lowest BCUT2D eigenvalue weighted by Gasteiger charge is -2.06. The van der Waals surface area contributed by atoms with Gasteiger partial charge in [0.2, 0.25) is 0 Å². The zero-order valence-electron chi connectivity index (χ0n) is 10.0. The van der Waals surface area contributed by atoms with Gasteiger partial charge in [-0.3, -0.25) is 4.79 Å². The molecular formula is C12H20N2OS. The van der Waals surface area contributed by atoms with Crippen LogP contribution in [0, 0.1) is 0 Å². The topological polar surface area (TPSA) is 41.1 Å². The highest BCUT2D eigenvalue weighted by atomic mass is 32.1. The van der Waals surface area contributed by atoms with Crippen LogP contribution in [0.1, 0.15) is 35.5 Å². The molecule has 0 bridgehead atoms. The van der Waals surface area contributed by atoms with Crippen LogP contribution in [0.3, 0.4) is 0 Å². The minimum absolute atomic E-state index is 0.0603. The van der Waals surface area contributed by atoms with Crippen LogP contribution in [-0.2, 0) is 6.42 Å². The highest BCUT2D eigenvalue weighted by molar-refractivity contribution is 7.12. The summed E-state index contributed by atoms with van der Waals surface area (Å²) >= 11 is 1.52. The maximum absolute atomic E-state index is 11.8. The molecule has 1 rings (SSSR count). The number of rotatable bonds is 7. The van der Waals surface area contributed by atoms with Crippen LogP contribution in [0.4, 0.5) is 0 Å². The summed E-state index contributed by atoms with van der Waals surface area (Å²) in [6, 6.07) is 2.02. The molecular weight excluding hydrogens is 220 g/mol. The number of hydrogen-bond donors (Lipinski definition) is 2. The number of carbonyl (C=O) groups excluding carboxylic acids is 1. The van der Waals surface area contributed by atoms with Crippen molar-refractivity contribution in [2.24, 2.45) is 0 Å². The molecule has 0 aliphatic rings. The summed E-state index contributed by atoms with van der Waals surface area (Å²) in [6.45, 7) is 6.74. The molecule has 1 aromatic rings. The first-order valence-electron chi connectivity index (χ1n) is 5.84. The maximum Gasteiger partial charge on any atom is 0.261 e. The summed E-state index contributed by atoms with van der Waals surface area (Å²) in [7, 11) is 0. The average molecular weight is 240 g/mol. The fourth-order valence-electron chi connectivity index (χ4n) is 1.46. The number of aryl methyl sites for hydroxylation is 1. The Morgan fingerprint density at radius 3 is 2.81 bits per heavy atom. The molecule has 90 valence electrons. The van der Waals surface area contributed by atoms with Crippen LogP contribution < -0.4 is 10.6 Å². The fraction of sp³-hybridized carbons (Fsp3) is 0.583. The normalized spacial score (nSPS) is 10.4. The number of amides is 1. The monoisotopic (exact) mass is 240 g/mol. The summed E-state index contributed by atoms with van der Waals surface area (Å²) in [6.07, 6.45) is 2.04. The van der Waals surface area contributed by atoms with Crippen LogP contribution in [-0.4, -0.2) is 25.5 Å². The Labute approximate surface area is 101 Å². The zero-order chi connectivity index (χ0) is 11.8. The molecule has 0 saturated heterocycles. The average Bonchev–Trinajstić information content (AvgIpc) is 2.76. The van der Waals surface area contributed by atoms with E-state index in [1.165, 1.54) is 11.3 Å². The van der Waals surface area contributed by atoms with Crippen molar-refractivity contribution in [2.75, 3.05) is 19.6 Å². The molecule has 16 heavy (non-hydrogen) atoms. The van der Waals surface area contributed by atoms with Crippen molar-refractivity contribution >= 4 is 17.2 Å². The van der Waals surface area contributed by atoms with Gasteiger partial charge in [-0.15, -0.1) is 11.3 Å². The second-order valence-corrected chi connectivity index (χ2v) is 4.55. The van der Waals surface area contributed by atoms with E-state index in [1.54, 1.807) is 0 Å². The molecule has 2 N–H and O–H groups in total. The molecule has 1 heterocycles. The minimum Gasteiger partial charge on any atom is -0.350 e. The van der Waals surface area contributed by atoms with E-state index in [0.717, 1.165) is 36.4 Å². The molecule has 0 atom stereocenters. The smallest absolute Gasteiger partial charge is 0.261 e. The molecule has 0 radical (unpaired) electrons. The Kier molecular flexibility index (Phi) is 6.11. The maximum atomic E-state index is 11.8. The van der Waals surface area contributed by atoms with Crippen molar-refractivity contribution < 1.29 is 4.79 Å². The predicted octanol–water partition coefficient (Wildman–Crippen LogP) is 2.04. The molecule has 3 nitrogen and oxygen atoms in total. The molecule has 1 amide bonds. The van der Waals surface area contributed by atoms with Gasteiger partial charge in [0, 0.05) is 13.1 Å². The van der Waals surface area contributed by atoms with E-state index in [0.29, 0.717) is 6.54 Å². The van der Waals surface area contributed by atoms with E-state index in [1.807, 2.05) is 11.4 Å².